The summed E-state index contributed by atoms with van der Waals surface area (Å²) >= 11 is 0. The zero-order chi connectivity index (χ0) is 22.9. The molecule has 1 aliphatic carbocycles. The van der Waals surface area contributed by atoms with Crippen LogP contribution >= 0.6 is 0 Å². The van der Waals surface area contributed by atoms with Gasteiger partial charge in [0, 0.05) is 18.5 Å². The van der Waals surface area contributed by atoms with E-state index >= 15 is 0 Å². The molecule has 0 bridgehead atoms. The van der Waals surface area contributed by atoms with Crippen molar-refractivity contribution in [3.8, 4) is 5.75 Å². The lowest BCUT2D eigenvalue weighted by Crippen LogP contribution is -2.40. The molecular weight excluding hydrogens is 416 g/mol. The van der Waals surface area contributed by atoms with Gasteiger partial charge in [-0.3, -0.25) is 4.79 Å². The number of aryl methyl sites for hydroxylation is 2. The SMILES string of the molecule is COc1cc2c(N[C@H](C)c3cccc4c3CCC4)nc(C)nc2cc1C(=O)N1CCOCC1. The van der Waals surface area contributed by atoms with E-state index in [-0.39, 0.29) is 11.9 Å². The van der Waals surface area contributed by atoms with Crippen LogP contribution in [0.15, 0.2) is 30.3 Å². The molecule has 2 heterocycles. The summed E-state index contributed by atoms with van der Waals surface area (Å²) in [5.41, 5.74) is 5.49. The van der Waals surface area contributed by atoms with Gasteiger partial charge < -0.3 is 19.7 Å². The molecule has 1 saturated heterocycles. The van der Waals surface area contributed by atoms with Crippen LogP contribution in [-0.2, 0) is 17.6 Å². The molecule has 33 heavy (non-hydrogen) atoms. The number of hydrogen-bond acceptors (Lipinski definition) is 6. The van der Waals surface area contributed by atoms with Gasteiger partial charge in [-0.25, -0.2) is 9.97 Å². The predicted octanol–water partition coefficient (Wildman–Crippen LogP) is 4.08. The van der Waals surface area contributed by atoms with Crippen molar-refractivity contribution in [1.82, 2.24) is 14.9 Å². The molecule has 1 N–H and O–H groups in total. The molecule has 5 rings (SSSR count). The minimum Gasteiger partial charge on any atom is -0.496 e. The van der Waals surface area contributed by atoms with E-state index in [1.807, 2.05) is 19.1 Å². The second-order valence-electron chi connectivity index (χ2n) is 8.80. The fourth-order valence-corrected chi connectivity index (χ4v) is 4.99. The van der Waals surface area contributed by atoms with Crippen molar-refractivity contribution < 1.29 is 14.3 Å². The maximum Gasteiger partial charge on any atom is 0.257 e. The van der Waals surface area contributed by atoms with Crippen molar-refractivity contribution in [2.45, 2.75) is 39.2 Å². The summed E-state index contributed by atoms with van der Waals surface area (Å²) in [4.78, 5) is 24.3. The topological polar surface area (TPSA) is 76.6 Å². The molecule has 1 aliphatic heterocycles. The molecule has 2 aromatic carbocycles. The lowest BCUT2D eigenvalue weighted by atomic mass is 9.98. The maximum atomic E-state index is 13.2. The number of morpholine rings is 1. The van der Waals surface area contributed by atoms with Gasteiger partial charge in [0.25, 0.3) is 5.91 Å². The molecule has 0 unspecified atom stereocenters. The molecule has 0 spiro atoms. The van der Waals surface area contributed by atoms with Gasteiger partial charge in [-0.05, 0) is 61.9 Å². The highest BCUT2D eigenvalue weighted by molar-refractivity contribution is 6.02. The van der Waals surface area contributed by atoms with Crippen molar-refractivity contribution in [2.24, 2.45) is 0 Å². The van der Waals surface area contributed by atoms with E-state index < -0.39 is 0 Å². The largest absolute Gasteiger partial charge is 0.496 e. The van der Waals surface area contributed by atoms with Crippen LogP contribution < -0.4 is 10.1 Å². The second kappa shape index (κ2) is 8.98. The minimum atomic E-state index is -0.0592. The van der Waals surface area contributed by atoms with E-state index in [0.717, 1.165) is 29.6 Å². The number of methoxy groups -OCH3 is 1. The van der Waals surface area contributed by atoms with Crippen LogP contribution in [0.2, 0.25) is 0 Å². The van der Waals surface area contributed by atoms with Gasteiger partial charge in [0.2, 0.25) is 0 Å². The molecule has 0 radical (unpaired) electrons. The molecule has 1 atom stereocenters. The number of fused-ring (bicyclic) bond motifs is 2. The summed E-state index contributed by atoms with van der Waals surface area (Å²) < 4.78 is 11.0. The fraction of sp³-hybridized carbons (Fsp3) is 0.423. The van der Waals surface area contributed by atoms with Gasteiger partial charge in [-0.1, -0.05) is 18.2 Å². The number of rotatable bonds is 5. The summed E-state index contributed by atoms with van der Waals surface area (Å²) in [5, 5.41) is 4.46. The average Bonchev–Trinajstić information content (AvgIpc) is 3.32. The lowest BCUT2D eigenvalue weighted by Gasteiger charge is -2.27. The molecule has 172 valence electrons. The summed E-state index contributed by atoms with van der Waals surface area (Å²) in [5.74, 6) is 1.88. The summed E-state index contributed by atoms with van der Waals surface area (Å²) in [6.45, 7) is 6.31. The Kier molecular flexibility index (Phi) is 5.89. The first-order valence-electron chi connectivity index (χ1n) is 11.7. The number of carbonyl (C=O) groups excluding carboxylic acids is 1. The van der Waals surface area contributed by atoms with Crippen LogP contribution in [0.4, 0.5) is 5.82 Å². The van der Waals surface area contributed by atoms with Gasteiger partial charge in [-0.15, -0.1) is 0 Å². The highest BCUT2D eigenvalue weighted by Gasteiger charge is 2.24. The summed E-state index contributed by atoms with van der Waals surface area (Å²) in [6.07, 6.45) is 3.50. The van der Waals surface area contributed by atoms with E-state index in [4.69, 9.17) is 14.5 Å². The minimum absolute atomic E-state index is 0.0592. The highest BCUT2D eigenvalue weighted by Crippen LogP contribution is 2.34. The van der Waals surface area contributed by atoms with Crippen molar-refractivity contribution in [3.05, 3.63) is 58.4 Å². The summed E-state index contributed by atoms with van der Waals surface area (Å²) in [6, 6.07) is 10.4. The zero-order valence-corrected chi connectivity index (χ0v) is 19.5. The van der Waals surface area contributed by atoms with Gasteiger partial charge >= 0.3 is 0 Å². The Bertz CT molecular complexity index is 1200. The molecule has 1 amide bonds. The molecule has 2 aliphatic rings. The van der Waals surface area contributed by atoms with Crippen LogP contribution in [0.1, 0.15) is 52.3 Å². The lowest BCUT2D eigenvalue weighted by molar-refractivity contribution is 0.0301. The second-order valence-corrected chi connectivity index (χ2v) is 8.80. The van der Waals surface area contributed by atoms with Crippen molar-refractivity contribution in [3.63, 3.8) is 0 Å². The third kappa shape index (κ3) is 4.13. The Balaban J connectivity index is 1.52. The summed E-state index contributed by atoms with van der Waals surface area (Å²) in [7, 11) is 1.59. The first kappa shape index (κ1) is 21.6. The molecule has 0 saturated carbocycles. The van der Waals surface area contributed by atoms with Gasteiger partial charge in [0.05, 0.1) is 37.4 Å². The Labute approximate surface area is 194 Å². The normalized spacial score (nSPS) is 16.5. The monoisotopic (exact) mass is 446 g/mol. The number of ether oxygens (including phenoxy) is 2. The highest BCUT2D eigenvalue weighted by atomic mass is 16.5. The number of aromatic nitrogens is 2. The van der Waals surface area contributed by atoms with E-state index in [1.165, 1.54) is 23.1 Å². The van der Waals surface area contributed by atoms with Gasteiger partial charge in [0.15, 0.2) is 0 Å². The number of hydrogen-bond donors (Lipinski definition) is 1. The van der Waals surface area contributed by atoms with E-state index in [0.29, 0.717) is 43.4 Å². The van der Waals surface area contributed by atoms with E-state index in [2.05, 4.69) is 35.4 Å². The van der Waals surface area contributed by atoms with Crippen molar-refractivity contribution in [1.29, 1.82) is 0 Å². The van der Waals surface area contributed by atoms with Crippen molar-refractivity contribution >= 4 is 22.6 Å². The molecule has 3 aromatic rings. The Morgan fingerprint density at radius 3 is 2.79 bits per heavy atom. The molecule has 7 heteroatoms. The number of carbonyl (C=O) groups is 1. The quantitative estimate of drug-likeness (QED) is 0.636. The Hall–Kier alpha value is -3.19. The molecule has 7 nitrogen and oxygen atoms in total. The molecule has 1 aromatic heterocycles. The zero-order valence-electron chi connectivity index (χ0n) is 19.5. The van der Waals surface area contributed by atoms with Gasteiger partial charge in [-0.2, -0.15) is 0 Å². The van der Waals surface area contributed by atoms with Crippen LogP contribution in [0.25, 0.3) is 10.9 Å². The van der Waals surface area contributed by atoms with E-state index in [9.17, 15) is 4.79 Å². The number of amides is 1. The number of nitrogens with zero attached hydrogens (tertiary/aromatic N) is 3. The van der Waals surface area contributed by atoms with E-state index in [1.54, 1.807) is 12.0 Å². The third-order valence-electron chi connectivity index (χ3n) is 6.66. The van der Waals surface area contributed by atoms with Crippen LogP contribution in [0, 0.1) is 6.92 Å². The number of nitrogens with one attached hydrogen (secondary N) is 1. The maximum absolute atomic E-state index is 13.2. The number of anilines is 1. The standard InChI is InChI=1S/C26H30N4O3/c1-16(19-8-4-6-18-7-5-9-20(18)19)27-25-21-15-24(32-3)22(14-23(21)28-17(2)29-25)26(31)30-10-12-33-13-11-30/h4,6,8,14-16H,5,7,9-13H2,1-3H3,(H,27,28,29)/t16-/m1/s1. The van der Waals surface area contributed by atoms with Gasteiger partial charge in [0.1, 0.15) is 17.4 Å². The van der Waals surface area contributed by atoms with Crippen molar-refractivity contribution in [2.75, 3.05) is 38.7 Å². The third-order valence-corrected chi connectivity index (χ3v) is 6.66. The molecular formula is C26H30N4O3. The van der Waals surface area contributed by atoms with Crippen LogP contribution in [-0.4, -0.2) is 54.2 Å². The fourth-order valence-electron chi connectivity index (χ4n) is 4.99. The Morgan fingerprint density at radius 1 is 1.18 bits per heavy atom. The van der Waals surface area contributed by atoms with Crippen LogP contribution in [0.3, 0.4) is 0 Å². The first-order chi connectivity index (χ1) is 16.0. The predicted molar refractivity (Wildman–Crippen MR) is 128 cm³/mol. The van der Waals surface area contributed by atoms with Crippen LogP contribution in [0.5, 0.6) is 5.75 Å². The number of benzene rings is 2. The molecule has 1 fully saturated rings. The smallest absolute Gasteiger partial charge is 0.257 e. The average molecular weight is 447 g/mol. The first-order valence-corrected chi connectivity index (χ1v) is 11.7. The Morgan fingerprint density at radius 2 is 2.00 bits per heavy atom.